The molecule has 1 aliphatic carbocycles. The summed E-state index contributed by atoms with van der Waals surface area (Å²) in [5.74, 6) is -0.438. The Hall–Kier alpha value is -5.76. The quantitative estimate of drug-likeness (QED) is 0.1000. The SMILES string of the molecule is CC1(C)CC(c2ccc(Cl)cc2)=C2CN3CCN(c4ccc(C(=O)NS(=O)(=O)c5ccc(OCC6CCOCC6)c([N+](=O)[O-])c5)c(N5CCCOc6nc7[nH]ccc7cc65)c4)CC3COCCCO[C@@H]2C1. The molecule has 4 aliphatic heterocycles. The van der Waals surface area contributed by atoms with E-state index in [-0.39, 0.29) is 41.4 Å². The van der Waals surface area contributed by atoms with Crippen LogP contribution < -0.4 is 24.0 Å². The molecule has 0 radical (unpaired) electrons. The van der Waals surface area contributed by atoms with E-state index in [0.29, 0.717) is 93.6 Å². The Morgan fingerprint density at radius 2 is 1.79 bits per heavy atom. The van der Waals surface area contributed by atoms with E-state index in [1.54, 1.807) is 12.3 Å². The molecule has 17 nitrogen and oxygen atoms in total. The van der Waals surface area contributed by atoms with E-state index < -0.39 is 31.4 Å². The van der Waals surface area contributed by atoms with Crippen LogP contribution in [0.2, 0.25) is 5.02 Å². The first-order chi connectivity index (χ1) is 34.3. The lowest BCUT2D eigenvalue weighted by molar-refractivity contribution is -0.386. The lowest BCUT2D eigenvalue weighted by Crippen LogP contribution is -2.56. The number of benzene rings is 3. The van der Waals surface area contributed by atoms with E-state index in [0.717, 1.165) is 67.9 Å². The third-order valence-corrected chi connectivity index (χ3v) is 15.9. The van der Waals surface area contributed by atoms with Gasteiger partial charge in [0.15, 0.2) is 5.75 Å². The van der Waals surface area contributed by atoms with E-state index >= 15 is 0 Å². The van der Waals surface area contributed by atoms with E-state index in [1.807, 2.05) is 41.3 Å². The molecule has 2 aromatic heterocycles. The molecular formula is C52H60ClN7O10S. The van der Waals surface area contributed by atoms with Crippen LogP contribution in [-0.2, 0) is 24.2 Å². The van der Waals surface area contributed by atoms with Crippen LogP contribution in [0.4, 0.5) is 22.7 Å². The van der Waals surface area contributed by atoms with Gasteiger partial charge in [-0.3, -0.25) is 19.8 Å². The molecule has 19 heteroatoms. The number of halogens is 1. The average molecular weight is 1010 g/mol. The number of allylic oxidation sites excluding steroid dienone is 1. The van der Waals surface area contributed by atoms with Crippen LogP contribution in [-0.4, -0.2) is 125 Å². The van der Waals surface area contributed by atoms with Crippen LogP contribution in [0.1, 0.15) is 68.3 Å². The largest absolute Gasteiger partial charge is 0.487 e. The Labute approximate surface area is 418 Å². The van der Waals surface area contributed by atoms with Crippen molar-refractivity contribution >= 4 is 66.9 Å². The van der Waals surface area contributed by atoms with Gasteiger partial charge in [0.05, 0.1) is 53.0 Å². The van der Waals surface area contributed by atoms with Gasteiger partial charge in [-0.25, -0.2) is 13.1 Å². The fourth-order valence-corrected chi connectivity index (χ4v) is 11.6. The van der Waals surface area contributed by atoms with Crippen molar-refractivity contribution in [2.75, 3.05) is 88.8 Å². The molecule has 10 rings (SSSR count). The highest BCUT2D eigenvalue weighted by atomic mass is 35.5. The summed E-state index contributed by atoms with van der Waals surface area (Å²) in [7, 11) is -4.63. The number of carbonyl (C=O) groups is 1. The van der Waals surface area contributed by atoms with Crippen LogP contribution in [0, 0.1) is 21.4 Å². The highest BCUT2D eigenvalue weighted by Gasteiger charge is 2.39. The van der Waals surface area contributed by atoms with Crippen molar-refractivity contribution in [3.05, 3.63) is 111 Å². The second kappa shape index (κ2) is 20.8. The fourth-order valence-electron chi connectivity index (χ4n) is 10.5. The minimum absolute atomic E-state index is 0.00839. The normalized spacial score (nSPS) is 21.5. The number of sulfonamides is 1. The summed E-state index contributed by atoms with van der Waals surface area (Å²) in [4.78, 5) is 40.4. The van der Waals surface area contributed by atoms with Gasteiger partial charge in [0, 0.05) is 87.5 Å². The number of anilines is 3. The van der Waals surface area contributed by atoms with Gasteiger partial charge >= 0.3 is 5.69 Å². The van der Waals surface area contributed by atoms with Gasteiger partial charge in [0.2, 0.25) is 5.88 Å². The molecule has 1 unspecified atom stereocenters. The Kier molecular flexibility index (Phi) is 14.3. The monoisotopic (exact) mass is 1010 g/mol. The van der Waals surface area contributed by atoms with Gasteiger partial charge in [0.25, 0.3) is 15.9 Å². The molecule has 0 spiro atoms. The number of nitrogens with one attached hydrogen (secondary N) is 2. The standard InChI is InChI=1S/C52H60ClN7O10S/c1-52(2)28-42(35-5-7-37(53)8-6-35)43-31-58-19-18-57(30-39(58)33-67-20-4-22-68-48(43)29-52)38-9-11-41(44(26-38)59-17-3-21-69-51-46(59)25-36-13-16-54-49(36)55-51)50(61)56-71(64,65)40-10-12-47(45(27-40)60(62)63)70-32-34-14-23-66-24-15-34/h5-13,16,25-27,34,39,48H,3-4,14-15,17-24,28-33H2,1-2H3,(H,54,55)(H,56,61)/t39?,48-/m1/s1. The van der Waals surface area contributed by atoms with Crippen molar-refractivity contribution in [3.63, 3.8) is 0 Å². The Bertz CT molecular complexity index is 2920. The topological polar surface area (TPSA) is 191 Å². The lowest BCUT2D eigenvalue weighted by Gasteiger charge is -2.45. The summed E-state index contributed by atoms with van der Waals surface area (Å²) in [5, 5.41) is 13.8. The number of hydrogen-bond acceptors (Lipinski definition) is 14. The summed E-state index contributed by atoms with van der Waals surface area (Å²) < 4.78 is 60.9. The maximum absolute atomic E-state index is 14.6. The van der Waals surface area contributed by atoms with E-state index in [2.05, 4.69) is 45.5 Å². The highest BCUT2D eigenvalue weighted by Crippen LogP contribution is 2.46. The maximum Gasteiger partial charge on any atom is 0.312 e. The number of aromatic amines is 1. The van der Waals surface area contributed by atoms with Crippen molar-refractivity contribution in [2.45, 2.75) is 69.4 Å². The zero-order valence-corrected chi connectivity index (χ0v) is 41.6. The summed E-state index contributed by atoms with van der Waals surface area (Å²) in [6.07, 6.45) is 6.46. The number of aromatic nitrogens is 2. The molecule has 0 saturated carbocycles. The third-order valence-electron chi connectivity index (χ3n) is 14.3. The predicted molar refractivity (Wildman–Crippen MR) is 271 cm³/mol. The Balaban J connectivity index is 0.968. The van der Waals surface area contributed by atoms with Gasteiger partial charge in [0.1, 0.15) is 11.3 Å². The van der Waals surface area contributed by atoms with Gasteiger partial charge in [-0.05, 0) is 121 Å². The van der Waals surface area contributed by atoms with Crippen molar-refractivity contribution in [2.24, 2.45) is 11.3 Å². The molecule has 3 fully saturated rings. The number of ether oxygens (including phenoxy) is 5. The molecule has 5 aliphatic rings. The summed E-state index contributed by atoms with van der Waals surface area (Å²) in [6.45, 7) is 11.2. The van der Waals surface area contributed by atoms with Gasteiger partial charge < -0.3 is 38.5 Å². The van der Waals surface area contributed by atoms with Crippen LogP contribution >= 0.6 is 11.6 Å². The van der Waals surface area contributed by atoms with Crippen molar-refractivity contribution in [3.8, 4) is 11.6 Å². The number of nitro benzene ring substituents is 1. The predicted octanol–water partition coefficient (Wildman–Crippen LogP) is 8.54. The molecule has 5 aromatic rings. The molecule has 1 amide bonds. The first-order valence-corrected chi connectivity index (χ1v) is 26.4. The maximum atomic E-state index is 14.6. The van der Waals surface area contributed by atoms with E-state index in [4.69, 9.17) is 40.3 Å². The number of nitro groups is 1. The smallest absolute Gasteiger partial charge is 0.312 e. The number of H-pyrrole nitrogens is 1. The lowest BCUT2D eigenvalue weighted by atomic mass is 9.71. The first-order valence-electron chi connectivity index (χ1n) is 24.5. The number of nitrogens with zero attached hydrogens (tertiary/aromatic N) is 5. The van der Waals surface area contributed by atoms with Crippen LogP contribution in [0.5, 0.6) is 11.6 Å². The van der Waals surface area contributed by atoms with Crippen LogP contribution in [0.15, 0.2) is 89.5 Å². The number of fused-ring (bicyclic) bond motifs is 4. The first kappa shape index (κ1) is 48.8. The van der Waals surface area contributed by atoms with Crippen molar-refractivity contribution < 1.29 is 41.8 Å². The molecule has 3 aromatic carbocycles. The Morgan fingerprint density at radius 3 is 2.61 bits per heavy atom. The molecule has 71 heavy (non-hydrogen) atoms. The average Bonchev–Trinajstić information content (AvgIpc) is 3.71. The molecule has 0 bridgehead atoms. The van der Waals surface area contributed by atoms with Crippen molar-refractivity contribution in [1.82, 2.24) is 19.6 Å². The minimum atomic E-state index is -4.63. The highest BCUT2D eigenvalue weighted by molar-refractivity contribution is 7.90. The Morgan fingerprint density at radius 1 is 0.958 bits per heavy atom. The molecule has 2 N–H and O–H groups in total. The molecule has 2 atom stereocenters. The number of amides is 1. The van der Waals surface area contributed by atoms with Gasteiger partial charge in [-0.2, -0.15) is 4.98 Å². The minimum Gasteiger partial charge on any atom is -0.487 e. The molecular weight excluding hydrogens is 950 g/mol. The number of hydrogen-bond donors (Lipinski definition) is 2. The number of rotatable bonds is 10. The fraction of sp³-hybridized carbons (Fsp3) is 0.462. The molecule has 6 heterocycles. The second-order valence-electron chi connectivity index (χ2n) is 19.9. The second-order valence-corrected chi connectivity index (χ2v) is 22.0. The molecule has 3 saturated heterocycles. The number of pyridine rings is 1. The summed E-state index contributed by atoms with van der Waals surface area (Å²) in [5.41, 5.74) is 5.92. The zero-order valence-electron chi connectivity index (χ0n) is 40.1. The zero-order chi connectivity index (χ0) is 49.3. The number of carbonyl (C=O) groups excluding carboxylic acids is 1. The van der Waals surface area contributed by atoms with Crippen LogP contribution in [0.25, 0.3) is 16.6 Å². The van der Waals surface area contributed by atoms with E-state index in [9.17, 15) is 23.3 Å². The number of piperazine rings is 1. The van der Waals surface area contributed by atoms with E-state index in [1.165, 1.54) is 23.3 Å². The van der Waals surface area contributed by atoms with Crippen molar-refractivity contribution in [1.29, 1.82) is 0 Å². The van der Waals surface area contributed by atoms with Crippen LogP contribution in [0.3, 0.4) is 0 Å². The van der Waals surface area contributed by atoms with Gasteiger partial charge in [-0.1, -0.05) is 37.6 Å². The molecule has 376 valence electrons. The third kappa shape index (κ3) is 10.9. The van der Waals surface area contributed by atoms with Gasteiger partial charge in [-0.15, -0.1) is 0 Å². The summed E-state index contributed by atoms with van der Waals surface area (Å²) >= 11 is 6.37. The summed E-state index contributed by atoms with van der Waals surface area (Å²) in [6, 6.07) is 20.8.